The number of anilines is 1. The molecule has 1 aliphatic heterocycles. The Bertz CT molecular complexity index is 672. The molecule has 6 heteroatoms. The number of imide groups is 1. The number of hydrogen-bond donors (Lipinski definition) is 1. The maximum atomic E-state index is 12.7. The first-order valence-electron chi connectivity index (χ1n) is 9.86. The van der Waals surface area contributed by atoms with Gasteiger partial charge < -0.3 is 5.32 Å². The second-order valence-corrected chi connectivity index (χ2v) is 7.31. The highest BCUT2D eigenvalue weighted by Crippen LogP contribution is 2.25. The third-order valence-corrected chi connectivity index (χ3v) is 5.19. The molecule has 1 N–H and O–H groups in total. The number of nitrogens with zero attached hydrogens (tertiary/aromatic N) is 2. The Labute approximate surface area is 161 Å². The number of hydrogen-bond acceptors (Lipinski definition) is 3. The van der Waals surface area contributed by atoms with E-state index >= 15 is 0 Å². The van der Waals surface area contributed by atoms with Crippen LogP contribution in [0.15, 0.2) is 24.3 Å². The molecule has 0 spiro atoms. The van der Waals surface area contributed by atoms with Crippen molar-refractivity contribution in [2.75, 3.05) is 18.0 Å². The van der Waals surface area contributed by atoms with Crippen LogP contribution in [-0.4, -0.2) is 41.9 Å². The van der Waals surface area contributed by atoms with E-state index in [0.717, 1.165) is 36.1 Å². The summed E-state index contributed by atoms with van der Waals surface area (Å²) < 4.78 is 0. The van der Waals surface area contributed by atoms with Crippen molar-refractivity contribution in [2.45, 2.75) is 59.4 Å². The minimum Gasteiger partial charge on any atom is -0.354 e. The van der Waals surface area contributed by atoms with E-state index in [0.29, 0.717) is 18.2 Å². The Balaban J connectivity index is 1.97. The molecular formula is C21H31N3O3. The van der Waals surface area contributed by atoms with Gasteiger partial charge in [0.2, 0.25) is 5.91 Å². The zero-order chi connectivity index (χ0) is 20.0. The molecule has 2 atom stereocenters. The van der Waals surface area contributed by atoms with Gasteiger partial charge in [0.25, 0.3) is 5.91 Å². The molecular weight excluding hydrogens is 342 g/mol. The van der Waals surface area contributed by atoms with Gasteiger partial charge in [0, 0.05) is 12.2 Å². The molecule has 148 valence electrons. The third kappa shape index (κ3) is 5.08. The predicted molar refractivity (Wildman–Crippen MR) is 107 cm³/mol. The van der Waals surface area contributed by atoms with Gasteiger partial charge in [-0.1, -0.05) is 50.8 Å². The van der Waals surface area contributed by atoms with Crippen LogP contribution in [0.2, 0.25) is 0 Å². The molecule has 0 unspecified atom stereocenters. The fraction of sp³-hybridized carbons (Fsp3) is 0.571. The Morgan fingerprint density at radius 1 is 1.19 bits per heavy atom. The zero-order valence-electron chi connectivity index (χ0n) is 16.8. The number of urea groups is 1. The normalized spacial score (nSPS) is 18.1. The van der Waals surface area contributed by atoms with Gasteiger partial charge in [-0.15, -0.1) is 0 Å². The van der Waals surface area contributed by atoms with E-state index < -0.39 is 12.1 Å². The van der Waals surface area contributed by atoms with E-state index in [9.17, 15) is 14.4 Å². The van der Waals surface area contributed by atoms with Gasteiger partial charge in [0.05, 0.1) is 0 Å². The lowest BCUT2D eigenvalue weighted by atomic mass is 9.99. The largest absolute Gasteiger partial charge is 0.354 e. The maximum Gasteiger partial charge on any atom is 0.332 e. The van der Waals surface area contributed by atoms with Gasteiger partial charge >= 0.3 is 6.03 Å². The van der Waals surface area contributed by atoms with Crippen molar-refractivity contribution >= 4 is 23.5 Å². The van der Waals surface area contributed by atoms with Crippen molar-refractivity contribution in [1.29, 1.82) is 0 Å². The fourth-order valence-electron chi connectivity index (χ4n) is 3.31. The number of carbonyl (C=O) groups is 3. The summed E-state index contributed by atoms with van der Waals surface area (Å²) in [7, 11) is 0. The standard InChI is InChI=1S/C21H31N3O3/c1-5-7-8-17(6-2)13-22-19(25)14-23-20(26)16(4)24(21(23)27)18-11-9-15(3)10-12-18/h9-12,16-17H,5-8,13-14H2,1-4H3,(H,22,25)/t16-,17+/m1/s1. The van der Waals surface area contributed by atoms with Crippen molar-refractivity contribution in [1.82, 2.24) is 10.2 Å². The molecule has 1 saturated heterocycles. The minimum absolute atomic E-state index is 0.228. The minimum atomic E-state index is -0.610. The molecule has 1 heterocycles. The van der Waals surface area contributed by atoms with Crippen LogP contribution in [0.4, 0.5) is 10.5 Å². The monoisotopic (exact) mass is 373 g/mol. The van der Waals surface area contributed by atoms with Crippen LogP contribution in [0.3, 0.4) is 0 Å². The molecule has 1 fully saturated rings. The number of carbonyl (C=O) groups excluding carboxylic acids is 3. The van der Waals surface area contributed by atoms with Crippen molar-refractivity contribution < 1.29 is 14.4 Å². The summed E-state index contributed by atoms with van der Waals surface area (Å²) in [5.41, 5.74) is 1.74. The lowest BCUT2D eigenvalue weighted by molar-refractivity contribution is -0.131. The molecule has 1 aliphatic rings. The van der Waals surface area contributed by atoms with Crippen LogP contribution in [0, 0.1) is 12.8 Å². The second-order valence-electron chi connectivity index (χ2n) is 7.31. The number of nitrogens with one attached hydrogen (secondary N) is 1. The van der Waals surface area contributed by atoms with Crippen LogP contribution in [0.1, 0.15) is 52.0 Å². The first-order valence-corrected chi connectivity index (χ1v) is 9.86. The van der Waals surface area contributed by atoms with Crippen LogP contribution in [0.5, 0.6) is 0 Å². The van der Waals surface area contributed by atoms with Crippen molar-refractivity contribution in [3.63, 3.8) is 0 Å². The van der Waals surface area contributed by atoms with Gasteiger partial charge in [0.15, 0.2) is 0 Å². The van der Waals surface area contributed by atoms with Crippen molar-refractivity contribution in [2.24, 2.45) is 5.92 Å². The molecule has 0 aromatic heterocycles. The predicted octanol–water partition coefficient (Wildman–Crippen LogP) is 3.48. The van der Waals surface area contributed by atoms with E-state index in [4.69, 9.17) is 0 Å². The molecule has 0 aliphatic carbocycles. The van der Waals surface area contributed by atoms with Gasteiger partial charge in [-0.2, -0.15) is 0 Å². The first-order chi connectivity index (χ1) is 12.9. The quantitative estimate of drug-likeness (QED) is 0.674. The Hall–Kier alpha value is -2.37. The Morgan fingerprint density at radius 2 is 1.85 bits per heavy atom. The molecule has 2 rings (SSSR count). The van der Waals surface area contributed by atoms with Crippen LogP contribution >= 0.6 is 0 Å². The van der Waals surface area contributed by atoms with Gasteiger partial charge in [-0.3, -0.25) is 19.4 Å². The first kappa shape index (κ1) is 20.9. The van der Waals surface area contributed by atoms with E-state index in [1.807, 2.05) is 31.2 Å². The number of aryl methyl sites for hydroxylation is 1. The van der Waals surface area contributed by atoms with Crippen molar-refractivity contribution in [3.8, 4) is 0 Å². The van der Waals surface area contributed by atoms with Crippen molar-refractivity contribution in [3.05, 3.63) is 29.8 Å². The van der Waals surface area contributed by atoms with Gasteiger partial charge in [0.1, 0.15) is 12.6 Å². The molecule has 0 radical (unpaired) electrons. The summed E-state index contributed by atoms with van der Waals surface area (Å²) in [6, 6.07) is 6.39. The summed E-state index contributed by atoms with van der Waals surface area (Å²) in [6.45, 7) is 8.27. The van der Waals surface area contributed by atoms with E-state index in [1.54, 1.807) is 6.92 Å². The average molecular weight is 373 g/mol. The topological polar surface area (TPSA) is 69.7 Å². The molecule has 0 saturated carbocycles. The van der Waals surface area contributed by atoms with Crippen LogP contribution in [0.25, 0.3) is 0 Å². The summed E-state index contributed by atoms with van der Waals surface area (Å²) in [5.74, 6) is -0.194. The van der Waals surface area contributed by atoms with E-state index in [1.165, 1.54) is 4.90 Å². The Morgan fingerprint density at radius 3 is 2.44 bits per heavy atom. The zero-order valence-corrected chi connectivity index (χ0v) is 16.8. The lowest BCUT2D eigenvalue weighted by Gasteiger charge is -2.20. The number of unbranched alkanes of at least 4 members (excludes halogenated alkanes) is 1. The number of benzene rings is 1. The van der Waals surface area contributed by atoms with Gasteiger partial charge in [-0.25, -0.2) is 4.79 Å². The summed E-state index contributed by atoms with van der Waals surface area (Å²) in [4.78, 5) is 40.1. The number of amides is 4. The highest BCUT2D eigenvalue weighted by atomic mass is 16.2. The van der Waals surface area contributed by atoms with E-state index in [-0.39, 0.29) is 18.4 Å². The van der Waals surface area contributed by atoms with Crippen LogP contribution < -0.4 is 10.2 Å². The fourth-order valence-corrected chi connectivity index (χ4v) is 3.31. The molecule has 6 nitrogen and oxygen atoms in total. The average Bonchev–Trinajstić information content (AvgIpc) is 2.86. The highest BCUT2D eigenvalue weighted by Gasteiger charge is 2.43. The highest BCUT2D eigenvalue weighted by molar-refractivity contribution is 6.15. The second kappa shape index (κ2) is 9.53. The maximum absolute atomic E-state index is 12.7. The summed E-state index contributed by atoms with van der Waals surface area (Å²) in [6.07, 6.45) is 4.35. The summed E-state index contributed by atoms with van der Waals surface area (Å²) >= 11 is 0. The van der Waals surface area contributed by atoms with Gasteiger partial charge in [-0.05, 0) is 38.3 Å². The molecule has 1 aromatic carbocycles. The molecule has 4 amide bonds. The molecule has 1 aromatic rings. The summed E-state index contributed by atoms with van der Waals surface area (Å²) in [5, 5.41) is 2.88. The molecule has 27 heavy (non-hydrogen) atoms. The number of rotatable bonds is 9. The third-order valence-electron chi connectivity index (χ3n) is 5.19. The van der Waals surface area contributed by atoms with Crippen LogP contribution in [-0.2, 0) is 9.59 Å². The van der Waals surface area contributed by atoms with E-state index in [2.05, 4.69) is 19.2 Å². The smallest absolute Gasteiger partial charge is 0.332 e. The Kier molecular flexibility index (Phi) is 7.39. The lowest BCUT2D eigenvalue weighted by Crippen LogP contribution is -2.42. The molecule has 0 bridgehead atoms. The SMILES string of the molecule is CCCC[C@H](CC)CNC(=O)CN1C(=O)[C@@H](C)N(c2ccc(C)cc2)C1=O.